The third kappa shape index (κ3) is 8.31. The van der Waals surface area contributed by atoms with E-state index < -0.39 is 46.1 Å². The number of primary sulfonamides is 1. The number of hydrogen-bond acceptors (Lipinski definition) is 10. The van der Waals surface area contributed by atoms with Crippen LogP contribution < -0.4 is 30.0 Å². The van der Waals surface area contributed by atoms with Crippen molar-refractivity contribution in [2.24, 2.45) is 10.9 Å². The molecular formula is C35H39ClN6O8SSi. The van der Waals surface area contributed by atoms with Gasteiger partial charge in [-0.15, -0.1) is 0 Å². The number of methoxy groups -OCH3 is 2. The normalized spacial score (nSPS) is 11.8. The second-order valence-electron chi connectivity index (χ2n) is 13.1. The van der Waals surface area contributed by atoms with Crippen LogP contribution in [0.5, 0.6) is 23.1 Å². The number of sulfonamides is 1. The maximum absolute atomic E-state index is 14.4. The van der Waals surface area contributed by atoms with Crippen molar-refractivity contribution >= 4 is 58.2 Å². The smallest absolute Gasteiger partial charge is 0.252 e. The first-order valence-corrected chi connectivity index (χ1v) is 21.6. The molecule has 17 heteroatoms. The Labute approximate surface area is 306 Å². The van der Waals surface area contributed by atoms with E-state index in [2.05, 4.69) is 29.6 Å². The van der Waals surface area contributed by atoms with Crippen LogP contribution in [0.4, 0.5) is 5.69 Å². The highest BCUT2D eigenvalue weighted by Crippen LogP contribution is 2.40. The highest BCUT2D eigenvalue weighted by molar-refractivity contribution is 7.89. The minimum atomic E-state index is -4.53. The molecule has 0 spiro atoms. The second-order valence-corrected chi connectivity index (χ2v) is 20.7. The van der Waals surface area contributed by atoms with E-state index >= 15 is 0 Å². The number of carbonyl (C=O) groups is 2. The number of nitrogens with two attached hydrogens (primary N) is 2. The van der Waals surface area contributed by atoms with Gasteiger partial charge < -0.3 is 34.5 Å². The Morgan fingerprint density at radius 1 is 1.04 bits per heavy atom. The number of phenols is 1. The molecule has 3 aromatic carbocycles. The molecule has 2 heterocycles. The first kappa shape index (κ1) is 38.1. The van der Waals surface area contributed by atoms with E-state index in [1.165, 1.54) is 24.4 Å². The van der Waals surface area contributed by atoms with Crippen LogP contribution in [0, 0.1) is 0 Å². The number of primary amides is 1. The van der Waals surface area contributed by atoms with Crippen LogP contribution in [0.15, 0.2) is 72.0 Å². The Morgan fingerprint density at radius 2 is 1.77 bits per heavy atom. The number of anilines is 1. The molecule has 2 aromatic heterocycles. The molecule has 0 aliphatic rings. The maximum atomic E-state index is 14.4. The van der Waals surface area contributed by atoms with Crippen molar-refractivity contribution in [2.75, 3.05) is 25.7 Å². The minimum Gasteiger partial charge on any atom is -0.506 e. The van der Waals surface area contributed by atoms with Gasteiger partial charge in [0, 0.05) is 31.5 Å². The molecule has 52 heavy (non-hydrogen) atoms. The second kappa shape index (κ2) is 15.2. The molecule has 0 aliphatic carbocycles. The summed E-state index contributed by atoms with van der Waals surface area (Å²) in [6.45, 7) is 6.71. The Morgan fingerprint density at radius 3 is 2.40 bits per heavy atom. The summed E-state index contributed by atoms with van der Waals surface area (Å²) in [6.07, 6.45) is 2.86. The van der Waals surface area contributed by atoms with E-state index in [4.69, 9.17) is 36.7 Å². The molecule has 0 saturated heterocycles. The summed E-state index contributed by atoms with van der Waals surface area (Å²) in [5.41, 5.74) is 6.86. The van der Waals surface area contributed by atoms with E-state index in [-0.39, 0.29) is 30.2 Å². The van der Waals surface area contributed by atoms with Gasteiger partial charge in [-0.05, 0) is 48.0 Å². The number of fused-ring (bicyclic) bond motifs is 1. The summed E-state index contributed by atoms with van der Waals surface area (Å²) in [7, 11) is -3.00. The predicted octanol–water partition coefficient (Wildman–Crippen LogP) is 5.17. The summed E-state index contributed by atoms with van der Waals surface area (Å²) in [5.74, 6) is -1.14. The van der Waals surface area contributed by atoms with Crippen LogP contribution in [-0.2, 0) is 27.9 Å². The lowest BCUT2D eigenvalue weighted by Crippen LogP contribution is -2.33. The first-order chi connectivity index (χ1) is 24.5. The molecule has 0 unspecified atom stereocenters. The molecule has 5 N–H and O–H groups in total. The fourth-order valence-electron chi connectivity index (χ4n) is 5.53. The summed E-state index contributed by atoms with van der Waals surface area (Å²) >= 11 is 6.64. The van der Waals surface area contributed by atoms with Gasteiger partial charge >= 0.3 is 0 Å². The van der Waals surface area contributed by atoms with Crippen LogP contribution in [-0.4, -0.2) is 68.8 Å². The number of hydrogen-bond donors (Lipinski definition) is 3. The topological polar surface area (TPSA) is 202 Å². The molecule has 0 aliphatic heterocycles. The fraction of sp³-hybridized carbons (Fsp3) is 0.257. The molecule has 0 atom stereocenters. The van der Waals surface area contributed by atoms with Crippen molar-refractivity contribution in [2.45, 2.75) is 43.7 Å². The molecular weight excluding hydrogens is 728 g/mol. The summed E-state index contributed by atoms with van der Waals surface area (Å²) in [6, 6.07) is 15.3. The Hall–Kier alpha value is -5.16. The van der Waals surface area contributed by atoms with E-state index in [0.29, 0.717) is 45.3 Å². The number of carbonyl (C=O) groups excluding carboxylic acids is 2. The van der Waals surface area contributed by atoms with Crippen LogP contribution in [0.3, 0.4) is 0 Å². The average Bonchev–Trinajstić information content (AvgIpc) is 3.45. The standard InChI is InChI=1S/C35H39ClN6O8SSi/c1-48-23-11-10-21(28(16-23)49-2)17-42(27-9-7-6-8-26(27)36)30(43)19-41-18-25(22-14-24(33(37)45)32(44)29(15-22)51(38,46)47)31-34(41)39-20-40-35(31)50-12-13-52(3,4)5/h6-11,14-16,18,20,44H,12-13,17,19H2,1-5H3,(H2,37,45)(H2,38,46,47). The zero-order chi connectivity index (χ0) is 38.0. The predicted molar refractivity (Wildman–Crippen MR) is 200 cm³/mol. The van der Waals surface area contributed by atoms with Crippen LogP contribution in [0.2, 0.25) is 30.7 Å². The highest BCUT2D eigenvalue weighted by atomic mass is 35.5. The molecule has 2 amide bonds. The number of para-hydroxylation sites is 1. The third-order valence-corrected chi connectivity index (χ3v) is 11.2. The van der Waals surface area contributed by atoms with E-state index in [9.17, 15) is 23.1 Å². The lowest BCUT2D eigenvalue weighted by molar-refractivity contribution is -0.119. The molecule has 14 nitrogen and oxygen atoms in total. The zero-order valence-corrected chi connectivity index (χ0v) is 31.8. The first-order valence-electron chi connectivity index (χ1n) is 15.9. The number of aromatic nitrogens is 3. The number of aromatic hydroxyl groups is 1. The van der Waals surface area contributed by atoms with Gasteiger partial charge in [0.1, 0.15) is 40.7 Å². The lowest BCUT2D eigenvalue weighted by Gasteiger charge is -2.25. The molecule has 274 valence electrons. The number of amides is 2. The fourth-order valence-corrected chi connectivity index (χ4v) is 7.15. The largest absolute Gasteiger partial charge is 0.506 e. The van der Waals surface area contributed by atoms with E-state index in [0.717, 1.165) is 12.1 Å². The number of rotatable bonds is 14. The summed E-state index contributed by atoms with van der Waals surface area (Å²) in [5, 5.41) is 16.7. The van der Waals surface area contributed by atoms with Gasteiger partial charge in [0.05, 0.1) is 49.0 Å². The van der Waals surface area contributed by atoms with E-state index in [1.807, 2.05) is 0 Å². The quantitative estimate of drug-likeness (QED) is 0.127. The van der Waals surface area contributed by atoms with Crippen molar-refractivity contribution in [3.63, 3.8) is 0 Å². The molecule has 0 saturated carbocycles. The van der Waals surface area contributed by atoms with Gasteiger partial charge in [0.2, 0.25) is 21.8 Å². The van der Waals surface area contributed by atoms with Crippen LogP contribution in [0.1, 0.15) is 15.9 Å². The lowest BCUT2D eigenvalue weighted by atomic mass is 10.0. The number of halogens is 1. The third-order valence-electron chi connectivity index (χ3n) is 8.24. The zero-order valence-electron chi connectivity index (χ0n) is 29.2. The van der Waals surface area contributed by atoms with Gasteiger partial charge in [-0.1, -0.05) is 43.4 Å². The van der Waals surface area contributed by atoms with Crippen LogP contribution >= 0.6 is 11.6 Å². The van der Waals surface area contributed by atoms with Gasteiger partial charge in [-0.2, -0.15) is 0 Å². The SMILES string of the molecule is COc1ccc(CN(C(=O)Cn2cc(-c3cc(C(N)=O)c(O)c(S(N)(=O)=O)c3)c3c(OCC[Si](C)(C)C)ncnc32)c2ccccc2Cl)c(OC)c1. The van der Waals surface area contributed by atoms with Gasteiger partial charge in [-0.3, -0.25) is 9.59 Å². The maximum Gasteiger partial charge on any atom is 0.252 e. The summed E-state index contributed by atoms with van der Waals surface area (Å²) in [4.78, 5) is 36.5. The molecule has 0 bridgehead atoms. The molecule has 0 fully saturated rings. The van der Waals surface area contributed by atoms with Crippen molar-refractivity contribution in [1.82, 2.24) is 14.5 Å². The summed E-state index contributed by atoms with van der Waals surface area (Å²) < 4.78 is 43.8. The highest BCUT2D eigenvalue weighted by Gasteiger charge is 2.27. The number of ether oxygens (including phenoxy) is 3. The minimum absolute atomic E-state index is 0.0689. The molecule has 5 rings (SSSR count). The van der Waals surface area contributed by atoms with Crippen molar-refractivity contribution in [3.8, 4) is 34.3 Å². The molecule has 0 radical (unpaired) electrons. The number of nitrogens with zero attached hydrogens (tertiary/aromatic N) is 4. The monoisotopic (exact) mass is 766 g/mol. The Bertz CT molecular complexity index is 2280. The molecule has 5 aromatic rings. The average molecular weight is 767 g/mol. The Balaban J connectivity index is 1.68. The number of benzene rings is 3. The van der Waals surface area contributed by atoms with Gasteiger partial charge in [-0.25, -0.2) is 23.5 Å². The van der Waals surface area contributed by atoms with Crippen LogP contribution in [0.25, 0.3) is 22.2 Å². The van der Waals surface area contributed by atoms with Crippen molar-refractivity contribution in [1.29, 1.82) is 0 Å². The van der Waals surface area contributed by atoms with Crippen molar-refractivity contribution < 1.29 is 37.3 Å². The van der Waals surface area contributed by atoms with Gasteiger partial charge in [0.25, 0.3) is 5.91 Å². The van der Waals surface area contributed by atoms with Crippen molar-refractivity contribution in [3.05, 3.63) is 83.3 Å². The van der Waals surface area contributed by atoms with E-state index in [1.54, 1.807) is 60.3 Å². The Kier molecular flexibility index (Phi) is 11.1. The van der Waals surface area contributed by atoms with Gasteiger partial charge in [0.15, 0.2) is 0 Å².